The van der Waals surface area contributed by atoms with E-state index in [1.807, 2.05) is 12.1 Å². The first-order valence-corrected chi connectivity index (χ1v) is 13.9. The number of benzene rings is 2. The highest BCUT2D eigenvalue weighted by Gasteiger charge is 2.33. The minimum absolute atomic E-state index is 0.0337. The van der Waals surface area contributed by atoms with Crippen molar-refractivity contribution in [1.29, 1.82) is 0 Å². The molecule has 0 fully saturated rings. The Balaban J connectivity index is 1.15. The number of fused-ring (bicyclic) bond motifs is 5. The predicted octanol–water partition coefficient (Wildman–Crippen LogP) is 6.89. The molecule has 2 atom stereocenters. The number of phenols is 1. The van der Waals surface area contributed by atoms with Crippen molar-refractivity contribution in [2.75, 3.05) is 19.0 Å². The molecular formula is C31H36ClN3O3. The van der Waals surface area contributed by atoms with Gasteiger partial charge in [-0.3, -0.25) is 9.78 Å². The summed E-state index contributed by atoms with van der Waals surface area (Å²) in [5.41, 5.74) is 7.18. The van der Waals surface area contributed by atoms with Crippen molar-refractivity contribution < 1.29 is 14.6 Å². The molecule has 38 heavy (non-hydrogen) atoms. The van der Waals surface area contributed by atoms with Crippen molar-refractivity contribution >= 4 is 34.1 Å². The largest absolute Gasteiger partial charge is 0.504 e. The van der Waals surface area contributed by atoms with Crippen LogP contribution in [0.1, 0.15) is 68.2 Å². The van der Waals surface area contributed by atoms with Gasteiger partial charge < -0.3 is 20.5 Å². The van der Waals surface area contributed by atoms with Gasteiger partial charge in [0.1, 0.15) is 0 Å². The Morgan fingerprint density at radius 2 is 2.03 bits per heavy atom. The second-order valence-corrected chi connectivity index (χ2v) is 11.1. The number of carbonyl (C=O) groups excluding carboxylic acids is 1. The van der Waals surface area contributed by atoms with Gasteiger partial charge in [0.2, 0.25) is 5.91 Å². The number of rotatable bonds is 10. The maximum Gasteiger partial charge on any atom is 0.220 e. The van der Waals surface area contributed by atoms with E-state index in [9.17, 15) is 9.90 Å². The molecule has 0 radical (unpaired) electrons. The first-order valence-electron chi connectivity index (χ1n) is 13.6. The molecule has 7 heteroatoms. The van der Waals surface area contributed by atoms with Gasteiger partial charge in [0.05, 0.1) is 12.6 Å². The summed E-state index contributed by atoms with van der Waals surface area (Å²) in [5, 5.41) is 18.3. The van der Waals surface area contributed by atoms with Crippen LogP contribution < -0.4 is 15.4 Å². The Kier molecular flexibility index (Phi) is 8.08. The zero-order valence-electron chi connectivity index (χ0n) is 22.1. The van der Waals surface area contributed by atoms with E-state index in [1.54, 1.807) is 18.2 Å². The van der Waals surface area contributed by atoms with Gasteiger partial charge in [0.15, 0.2) is 11.5 Å². The fourth-order valence-electron chi connectivity index (χ4n) is 6.00. The van der Waals surface area contributed by atoms with Crippen LogP contribution in [0.5, 0.6) is 11.5 Å². The summed E-state index contributed by atoms with van der Waals surface area (Å²) in [5.74, 6) is 1.63. The first-order chi connectivity index (χ1) is 18.4. The van der Waals surface area contributed by atoms with E-state index in [-0.39, 0.29) is 11.7 Å². The lowest BCUT2D eigenvalue weighted by molar-refractivity contribution is -0.121. The van der Waals surface area contributed by atoms with Gasteiger partial charge in [0, 0.05) is 46.9 Å². The maximum absolute atomic E-state index is 12.3. The quantitative estimate of drug-likeness (QED) is 0.195. The first kappa shape index (κ1) is 26.4. The van der Waals surface area contributed by atoms with Crippen molar-refractivity contribution in [1.82, 2.24) is 10.3 Å². The van der Waals surface area contributed by atoms with Crippen molar-refractivity contribution in [2.24, 2.45) is 5.92 Å². The number of phenolic OH excluding ortho intramolecular Hbond substituents is 1. The third kappa shape index (κ3) is 5.91. The average Bonchev–Trinajstić information content (AvgIpc) is 2.89. The summed E-state index contributed by atoms with van der Waals surface area (Å²) < 4.78 is 5.13. The van der Waals surface area contributed by atoms with E-state index in [0.29, 0.717) is 35.6 Å². The minimum atomic E-state index is 0.0337. The summed E-state index contributed by atoms with van der Waals surface area (Å²) in [6.45, 7) is 3.52. The number of pyridine rings is 1. The van der Waals surface area contributed by atoms with Crippen LogP contribution in [-0.4, -0.2) is 29.7 Å². The maximum atomic E-state index is 12.3. The number of carbonyl (C=O) groups is 1. The number of amides is 1. The topological polar surface area (TPSA) is 83.5 Å². The number of hydrogen-bond donors (Lipinski definition) is 3. The molecule has 1 amide bonds. The second kappa shape index (κ2) is 11.6. The molecule has 2 bridgehead atoms. The Morgan fingerprint density at radius 1 is 1.16 bits per heavy atom. The number of nitrogens with one attached hydrogen (secondary N) is 2. The van der Waals surface area contributed by atoms with Crippen LogP contribution in [0, 0.1) is 5.92 Å². The van der Waals surface area contributed by atoms with Crippen LogP contribution >= 0.6 is 11.6 Å². The third-order valence-electron chi connectivity index (χ3n) is 7.72. The summed E-state index contributed by atoms with van der Waals surface area (Å²) in [7, 11) is 1.51. The Bertz CT molecular complexity index is 1370. The van der Waals surface area contributed by atoms with Crippen LogP contribution in [-0.2, 0) is 17.8 Å². The average molecular weight is 534 g/mol. The van der Waals surface area contributed by atoms with E-state index >= 15 is 0 Å². The Hall–Kier alpha value is -3.25. The van der Waals surface area contributed by atoms with E-state index < -0.39 is 0 Å². The van der Waals surface area contributed by atoms with Crippen LogP contribution in [0.15, 0.2) is 48.0 Å². The molecule has 6 nitrogen and oxygen atoms in total. The fraction of sp³-hybridized carbons (Fsp3) is 0.419. The molecule has 0 aliphatic heterocycles. The predicted molar refractivity (Wildman–Crippen MR) is 153 cm³/mol. The highest BCUT2D eigenvalue weighted by Crippen LogP contribution is 2.47. The van der Waals surface area contributed by atoms with E-state index in [0.717, 1.165) is 55.1 Å². The molecule has 0 saturated heterocycles. The molecule has 3 N–H and O–H groups in total. The van der Waals surface area contributed by atoms with Crippen LogP contribution in [0.25, 0.3) is 10.9 Å². The number of aromatic nitrogens is 1. The number of aromatic hydroxyl groups is 1. The highest BCUT2D eigenvalue weighted by atomic mass is 35.5. The molecule has 0 unspecified atom stereocenters. The van der Waals surface area contributed by atoms with Crippen LogP contribution in [0.3, 0.4) is 0 Å². The van der Waals surface area contributed by atoms with Crippen LogP contribution in [0.2, 0.25) is 5.02 Å². The molecule has 2 aliphatic carbocycles. The Labute approximate surface area is 229 Å². The molecule has 200 valence electrons. The van der Waals surface area contributed by atoms with Gasteiger partial charge in [-0.2, -0.15) is 0 Å². The number of hydrogen-bond acceptors (Lipinski definition) is 5. The molecule has 3 aromatic rings. The lowest BCUT2D eigenvalue weighted by atomic mass is 9.71. The fourth-order valence-corrected chi connectivity index (χ4v) is 6.16. The van der Waals surface area contributed by atoms with Gasteiger partial charge in [-0.15, -0.1) is 0 Å². The number of unbranched alkanes of at least 4 members (excludes halogenated alkanes) is 2. The monoisotopic (exact) mass is 533 g/mol. The second-order valence-electron chi connectivity index (χ2n) is 10.6. The van der Waals surface area contributed by atoms with Crippen molar-refractivity contribution in [3.63, 3.8) is 0 Å². The molecule has 1 heterocycles. The minimum Gasteiger partial charge on any atom is -0.504 e. The zero-order valence-corrected chi connectivity index (χ0v) is 22.9. The van der Waals surface area contributed by atoms with Crippen molar-refractivity contribution in [3.05, 3.63) is 69.9 Å². The molecular weight excluding hydrogens is 498 g/mol. The van der Waals surface area contributed by atoms with Crippen LogP contribution in [0.4, 0.5) is 5.69 Å². The van der Waals surface area contributed by atoms with Gasteiger partial charge in [-0.05, 0) is 86.8 Å². The molecule has 0 saturated carbocycles. The van der Waals surface area contributed by atoms with Crippen molar-refractivity contribution in [2.45, 2.75) is 64.3 Å². The summed E-state index contributed by atoms with van der Waals surface area (Å²) >= 11 is 6.32. The standard InChI is InChI=1S/C31H36ClN3O3/c1-19-12-21-14-22(13-19)30-26(15-21)35-25-17-23(32)8-9-24(25)31(30)33-11-5-3-4-6-29(37)34-18-20-7-10-27(36)28(16-20)38-2/h7-10,12,16-17,21-22,36H,3-6,11,13-15,18H2,1-2H3,(H,33,35)(H,34,37)/t21-,22+/m0/s1. The number of allylic oxidation sites excluding steroid dienone is 2. The zero-order chi connectivity index (χ0) is 26.6. The SMILES string of the molecule is COc1cc(CNC(=O)CCCCCNc2c3c(nc4cc(Cl)ccc24)C[C@H]2C=C(C)C[C@@H]3C2)ccc1O. The van der Waals surface area contributed by atoms with Gasteiger partial charge in [-0.25, -0.2) is 0 Å². The number of halogens is 1. The number of ether oxygens (including phenoxy) is 1. The molecule has 2 aromatic carbocycles. The number of anilines is 1. The van der Waals surface area contributed by atoms with E-state index in [1.165, 1.54) is 36.0 Å². The van der Waals surface area contributed by atoms with Gasteiger partial charge in [-0.1, -0.05) is 35.7 Å². The normalized spacial score (nSPS) is 18.0. The summed E-state index contributed by atoms with van der Waals surface area (Å²) in [6.07, 6.45) is 9.03. The molecule has 1 aromatic heterocycles. The van der Waals surface area contributed by atoms with E-state index in [2.05, 4.69) is 29.7 Å². The molecule has 0 spiro atoms. The summed E-state index contributed by atoms with van der Waals surface area (Å²) in [6, 6.07) is 11.1. The van der Waals surface area contributed by atoms with Gasteiger partial charge in [0.25, 0.3) is 0 Å². The lowest BCUT2D eigenvalue weighted by Gasteiger charge is -2.36. The highest BCUT2D eigenvalue weighted by molar-refractivity contribution is 6.31. The smallest absolute Gasteiger partial charge is 0.220 e. The lowest BCUT2D eigenvalue weighted by Crippen LogP contribution is -2.24. The molecule has 2 aliphatic rings. The number of nitrogens with zero attached hydrogens (tertiary/aromatic N) is 1. The number of methoxy groups -OCH3 is 1. The van der Waals surface area contributed by atoms with E-state index in [4.69, 9.17) is 21.3 Å². The van der Waals surface area contributed by atoms with Crippen molar-refractivity contribution in [3.8, 4) is 11.5 Å². The van der Waals surface area contributed by atoms with Gasteiger partial charge >= 0.3 is 0 Å². The Morgan fingerprint density at radius 3 is 2.87 bits per heavy atom. The third-order valence-corrected chi connectivity index (χ3v) is 7.96. The molecule has 5 rings (SSSR count). The summed E-state index contributed by atoms with van der Waals surface area (Å²) in [4.78, 5) is 17.4.